The number of aromatic nitrogens is 1. The van der Waals surface area contributed by atoms with Crippen molar-refractivity contribution in [2.45, 2.75) is 6.92 Å². The van der Waals surface area contributed by atoms with Crippen molar-refractivity contribution in [1.29, 1.82) is 0 Å². The quantitative estimate of drug-likeness (QED) is 0.260. The Kier molecular flexibility index (Phi) is 4.55. The van der Waals surface area contributed by atoms with Crippen molar-refractivity contribution in [3.63, 3.8) is 0 Å². The molecule has 0 bridgehead atoms. The van der Waals surface area contributed by atoms with Crippen molar-refractivity contribution < 1.29 is 0 Å². The molecule has 0 saturated heterocycles. The maximum absolute atomic E-state index is 4.77. The molecule has 33 heavy (non-hydrogen) atoms. The molecule has 0 amide bonds. The SMILES string of the molecule is C=C(C)c1cccc(-c2c3ccccc3c(-c3cnc4ccccc4c3)c3ccccc23)c1. The Bertz CT molecular complexity index is 1630. The molecule has 5 aromatic carbocycles. The van der Waals surface area contributed by atoms with Crippen molar-refractivity contribution >= 4 is 38.0 Å². The van der Waals surface area contributed by atoms with E-state index in [2.05, 4.69) is 111 Å². The van der Waals surface area contributed by atoms with Gasteiger partial charge in [0, 0.05) is 17.1 Å². The van der Waals surface area contributed by atoms with Gasteiger partial charge in [-0.2, -0.15) is 0 Å². The van der Waals surface area contributed by atoms with E-state index in [0.717, 1.165) is 22.0 Å². The molecule has 1 nitrogen and oxygen atoms in total. The zero-order chi connectivity index (χ0) is 22.4. The molecule has 156 valence electrons. The predicted molar refractivity (Wildman–Crippen MR) is 142 cm³/mol. The van der Waals surface area contributed by atoms with E-state index >= 15 is 0 Å². The Morgan fingerprint density at radius 3 is 1.82 bits per heavy atom. The number of hydrogen-bond donors (Lipinski definition) is 0. The van der Waals surface area contributed by atoms with Crippen LogP contribution in [0.15, 0.2) is 116 Å². The van der Waals surface area contributed by atoms with Gasteiger partial charge < -0.3 is 0 Å². The summed E-state index contributed by atoms with van der Waals surface area (Å²) >= 11 is 0. The van der Waals surface area contributed by atoms with Gasteiger partial charge in [0.05, 0.1) is 5.52 Å². The standard InChI is InChI=1S/C32H23N/c1-21(2)22-11-9-12-24(18-22)31-26-13-4-6-15-28(26)32(29-16-7-5-14-27(29)31)25-19-23-10-3-8-17-30(23)33-20-25/h3-20H,1H2,2H3. The van der Waals surface area contributed by atoms with Crippen LogP contribution in [0.2, 0.25) is 0 Å². The maximum atomic E-state index is 4.77. The van der Waals surface area contributed by atoms with Crippen molar-refractivity contribution in [1.82, 2.24) is 4.98 Å². The fourth-order valence-electron chi connectivity index (χ4n) is 4.90. The smallest absolute Gasteiger partial charge is 0.0702 e. The van der Waals surface area contributed by atoms with Crippen LogP contribution in [0, 0.1) is 0 Å². The van der Waals surface area contributed by atoms with Crippen molar-refractivity contribution in [3.8, 4) is 22.3 Å². The average Bonchev–Trinajstić information content (AvgIpc) is 2.87. The van der Waals surface area contributed by atoms with Crippen LogP contribution >= 0.6 is 0 Å². The molecule has 0 spiro atoms. The Hall–Kier alpha value is -4.23. The van der Waals surface area contributed by atoms with E-state index in [1.54, 1.807) is 0 Å². The molecule has 0 N–H and O–H groups in total. The monoisotopic (exact) mass is 421 g/mol. The molecule has 0 aliphatic carbocycles. The topological polar surface area (TPSA) is 12.9 Å². The number of hydrogen-bond acceptors (Lipinski definition) is 1. The summed E-state index contributed by atoms with van der Waals surface area (Å²) in [7, 11) is 0. The number of benzene rings is 5. The van der Waals surface area contributed by atoms with Gasteiger partial charge in [-0.1, -0.05) is 97.1 Å². The highest BCUT2D eigenvalue weighted by Crippen LogP contribution is 2.44. The van der Waals surface area contributed by atoms with Crippen LogP contribution in [0.3, 0.4) is 0 Å². The molecule has 0 aliphatic rings. The molecule has 0 atom stereocenters. The zero-order valence-electron chi connectivity index (χ0n) is 18.5. The molecule has 6 aromatic rings. The minimum atomic E-state index is 1.02. The van der Waals surface area contributed by atoms with Crippen LogP contribution in [0.25, 0.3) is 60.3 Å². The number of nitrogens with zero attached hydrogens (tertiary/aromatic N) is 1. The molecule has 0 fully saturated rings. The van der Waals surface area contributed by atoms with E-state index in [9.17, 15) is 0 Å². The second kappa shape index (κ2) is 7.72. The number of rotatable bonds is 3. The van der Waals surface area contributed by atoms with Gasteiger partial charge in [0.15, 0.2) is 0 Å². The van der Waals surface area contributed by atoms with E-state index in [1.165, 1.54) is 43.8 Å². The predicted octanol–water partition coefficient (Wildman–Crippen LogP) is 8.91. The van der Waals surface area contributed by atoms with Gasteiger partial charge >= 0.3 is 0 Å². The van der Waals surface area contributed by atoms with Crippen molar-refractivity contribution in [2.24, 2.45) is 0 Å². The summed E-state index contributed by atoms with van der Waals surface area (Å²) in [6, 6.07) is 36.8. The van der Waals surface area contributed by atoms with Crippen molar-refractivity contribution in [3.05, 3.63) is 121 Å². The minimum Gasteiger partial charge on any atom is -0.256 e. The van der Waals surface area contributed by atoms with E-state index < -0.39 is 0 Å². The second-order valence-corrected chi connectivity index (χ2v) is 8.62. The van der Waals surface area contributed by atoms with Crippen LogP contribution in [0.5, 0.6) is 0 Å². The lowest BCUT2D eigenvalue weighted by atomic mass is 9.85. The molecule has 1 aromatic heterocycles. The van der Waals surface area contributed by atoms with Crippen LogP contribution in [-0.4, -0.2) is 4.98 Å². The minimum absolute atomic E-state index is 1.02. The summed E-state index contributed by atoms with van der Waals surface area (Å²) in [4.78, 5) is 4.77. The first-order valence-electron chi connectivity index (χ1n) is 11.3. The van der Waals surface area contributed by atoms with Gasteiger partial charge in [0.1, 0.15) is 0 Å². The Balaban J connectivity index is 1.75. The lowest BCUT2D eigenvalue weighted by molar-refractivity contribution is 1.41. The zero-order valence-corrected chi connectivity index (χ0v) is 18.5. The highest BCUT2D eigenvalue weighted by molar-refractivity contribution is 6.21. The summed E-state index contributed by atoms with van der Waals surface area (Å²) < 4.78 is 0. The number of para-hydroxylation sites is 1. The molecule has 0 radical (unpaired) electrons. The Labute approximate surface area is 193 Å². The maximum Gasteiger partial charge on any atom is 0.0702 e. The van der Waals surface area contributed by atoms with Crippen LogP contribution in [0.1, 0.15) is 12.5 Å². The summed E-state index contributed by atoms with van der Waals surface area (Å²) in [6.07, 6.45) is 2.01. The molecule has 0 unspecified atom stereocenters. The summed E-state index contributed by atoms with van der Waals surface area (Å²) in [5.74, 6) is 0. The highest BCUT2D eigenvalue weighted by atomic mass is 14.6. The molecule has 6 rings (SSSR count). The Morgan fingerprint density at radius 1 is 0.606 bits per heavy atom. The average molecular weight is 422 g/mol. The fourth-order valence-corrected chi connectivity index (χ4v) is 4.90. The van der Waals surface area contributed by atoms with Crippen LogP contribution in [0.4, 0.5) is 0 Å². The van der Waals surface area contributed by atoms with Gasteiger partial charge in [0.25, 0.3) is 0 Å². The molecular weight excluding hydrogens is 398 g/mol. The van der Waals surface area contributed by atoms with E-state index in [0.29, 0.717) is 0 Å². The third-order valence-corrected chi connectivity index (χ3v) is 6.45. The highest BCUT2D eigenvalue weighted by Gasteiger charge is 2.17. The molecule has 0 saturated carbocycles. The van der Waals surface area contributed by atoms with Gasteiger partial charge in [-0.05, 0) is 68.9 Å². The van der Waals surface area contributed by atoms with Crippen LogP contribution < -0.4 is 0 Å². The summed E-state index contributed by atoms with van der Waals surface area (Å²) in [5.41, 5.74) is 8.12. The molecule has 0 aliphatic heterocycles. The summed E-state index contributed by atoms with van der Waals surface area (Å²) in [6.45, 7) is 6.22. The summed E-state index contributed by atoms with van der Waals surface area (Å²) in [5, 5.41) is 6.13. The van der Waals surface area contributed by atoms with E-state index in [-0.39, 0.29) is 0 Å². The van der Waals surface area contributed by atoms with Crippen molar-refractivity contribution in [2.75, 3.05) is 0 Å². The van der Waals surface area contributed by atoms with Gasteiger partial charge in [-0.25, -0.2) is 0 Å². The molecule has 1 heteroatoms. The first-order valence-corrected chi connectivity index (χ1v) is 11.3. The van der Waals surface area contributed by atoms with E-state index in [1.807, 2.05) is 12.3 Å². The van der Waals surface area contributed by atoms with Gasteiger partial charge in [0.2, 0.25) is 0 Å². The first kappa shape index (κ1) is 19.5. The fraction of sp³-hybridized carbons (Fsp3) is 0.0312. The van der Waals surface area contributed by atoms with E-state index in [4.69, 9.17) is 4.98 Å². The number of pyridine rings is 1. The Morgan fingerprint density at radius 2 is 1.18 bits per heavy atom. The lowest BCUT2D eigenvalue weighted by Crippen LogP contribution is -1.92. The second-order valence-electron chi connectivity index (χ2n) is 8.62. The van der Waals surface area contributed by atoms with Gasteiger partial charge in [-0.15, -0.1) is 0 Å². The molecule has 1 heterocycles. The number of fused-ring (bicyclic) bond motifs is 3. The largest absolute Gasteiger partial charge is 0.256 e. The third-order valence-electron chi connectivity index (χ3n) is 6.45. The van der Waals surface area contributed by atoms with Crippen LogP contribution in [-0.2, 0) is 0 Å². The lowest BCUT2D eigenvalue weighted by Gasteiger charge is -2.18. The third kappa shape index (κ3) is 3.21. The first-order chi connectivity index (χ1) is 16.2. The normalized spacial score (nSPS) is 11.3. The van der Waals surface area contributed by atoms with Gasteiger partial charge in [-0.3, -0.25) is 4.98 Å². The molecular formula is C32H23N. The number of allylic oxidation sites excluding steroid dienone is 1.